The molecular formula is C18H25NO5. The predicted molar refractivity (Wildman–Crippen MR) is 87.5 cm³/mol. The van der Waals surface area contributed by atoms with Crippen molar-refractivity contribution in [1.29, 1.82) is 0 Å². The van der Waals surface area contributed by atoms with Crippen LogP contribution in [0.25, 0.3) is 0 Å². The predicted octanol–water partition coefficient (Wildman–Crippen LogP) is 2.27. The third-order valence-electron chi connectivity index (χ3n) is 4.90. The van der Waals surface area contributed by atoms with Crippen molar-refractivity contribution in [1.82, 2.24) is 4.90 Å². The van der Waals surface area contributed by atoms with Crippen molar-refractivity contribution in [3.8, 4) is 17.2 Å². The largest absolute Gasteiger partial charge is 0.493 e. The van der Waals surface area contributed by atoms with E-state index < -0.39 is 0 Å². The van der Waals surface area contributed by atoms with Crippen molar-refractivity contribution in [3.63, 3.8) is 0 Å². The number of fused-ring (bicyclic) bond motifs is 1. The van der Waals surface area contributed by atoms with Gasteiger partial charge in [0.2, 0.25) is 6.79 Å². The van der Waals surface area contributed by atoms with Crippen LogP contribution in [-0.2, 0) is 9.47 Å². The first kappa shape index (κ1) is 16.0. The van der Waals surface area contributed by atoms with Crippen molar-refractivity contribution >= 4 is 0 Å². The van der Waals surface area contributed by atoms with Gasteiger partial charge in [-0.1, -0.05) is 0 Å². The Morgan fingerprint density at radius 2 is 1.83 bits per heavy atom. The van der Waals surface area contributed by atoms with E-state index in [1.165, 1.54) is 0 Å². The number of nitrogens with zero attached hydrogens (tertiary/aromatic N) is 1. The van der Waals surface area contributed by atoms with Crippen molar-refractivity contribution in [2.24, 2.45) is 5.92 Å². The summed E-state index contributed by atoms with van der Waals surface area (Å²) in [6.45, 7) is 5.84. The smallest absolute Gasteiger partial charge is 0.231 e. The van der Waals surface area contributed by atoms with Crippen LogP contribution in [0.2, 0.25) is 0 Å². The highest BCUT2D eigenvalue weighted by Crippen LogP contribution is 2.35. The SMILES string of the molecule is c1cc2c(cc1OCCCN1CCC(C3OCCO3)CC1)OCO2. The fourth-order valence-electron chi connectivity index (χ4n) is 3.54. The third kappa shape index (κ3) is 3.77. The van der Waals surface area contributed by atoms with Gasteiger partial charge in [0.05, 0.1) is 19.8 Å². The first-order valence-electron chi connectivity index (χ1n) is 8.86. The van der Waals surface area contributed by atoms with Gasteiger partial charge in [-0.25, -0.2) is 0 Å². The number of piperidine rings is 1. The zero-order chi connectivity index (χ0) is 16.2. The van der Waals surface area contributed by atoms with Gasteiger partial charge in [0.25, 0.3) is 0 Å². The van der Waals surface area contributed by atoms with E-state index in [4.69, 9.17) is 23.7 Å². The molecule has 0 aliphatic carbocycles. The number of hydrogen-bond acceptors (Lipinski definition) is 6. The number of benzene rings is 1. The Kier molecular flexibility index (Phi) is 5.06. The van der Waals surface area contributed by atoms with Gasteiger partial charge in [-0.2, -0.15) is 0 Å². The summed E-state index contributed by atoms with van der Waals surface area (Å²) in [5, 5.41) is 0. The van der Waals surface area contributed by atoms with E-state index in [9.17, 15) is 0 Å². The minimum atomic E-state index is 0.0430. The number of ether oxygens (including phenoxy) is 5. The maximum absolute atomic E-state index is 5.82. The van der Waals surface area contributed by atoms with E-state index in [2.05, 4.69) is 4.90 Å². The van der Waals surface area contributed by atoms with E-state index in [-0.39, 0.29) is 6.29 Å². The Morgan fingerprint density at radius 1 is 1.04 bits per heavy atom. The molecule has 2 saturated heterocycles. The fraction of sp³-hybridized carbons (Fsp3) is 0.667. The topological polar surface area (TPSA) is 49.4 Å². The molecule has 0 bridgehead atoms. The van der Waals surface area contributed by atoms with Crippen molar-refractivity contribution in [3.05, 3.63) is 18.2 Å². The van der Waals surface area contributed by atoms with E-state index in [0.717, 1.165) is 69.4 Å². The summed E-state index contributed by atoms with van der Waals surface area (Å²) >= 11 is 0. The molecule has 0 aromatic heterocycles. The molecule has 1 aromatic rings. The molecular weight excluding hydrogens is 310 g/mol. The van der Waals surface area contributed by atoms with Crippen LogP contribution in [0.15, 0.2) is 18.2 Å². The monoisotopic (exact) mass is 335 g/mol. The van der Waals surface area contributed by atoms with Crippen molar-refractivity contribution < 1.29 is 23.7 Å². The van der Waals surface area contributed by atoms with Gasteiger partial charge in [-0.05, 0) is 44.5 Å². The van der Waals surface area contributed by atoms with E-state index >= 15 is 0 Å². The molecule has 2 fully saturated rings. The van der Waals surface area contributed by atoms with Gasteiger partial charge in [0, 0.05) is 18.5 Å². The van der Waals surface area contributed by atoms with Crippen molar-refractivity contribution in [2.45, 2.75) is 25.6 Å². The highest BCUT2D eigenvalue weighted by Gasteiger charge is 2.30. The van der Waals surface area contributed by atoms with E-state index in [1.807, 2.05) is 18.2 Å². The summed E-state index contributed by atoms with van der Waals surface area (Å²) in [6.07, 6.45) is 3.39. The number of hydrogen-bond donors (Lipinski definition) is 0. The third-order valence-corrected chi connectivity index (χ3v) is 4.90. The standard InChI is InChI=1S/C18H25NO5/c1(9-20-15-2-3-16-17(12-15)24-13-23-16)6-19-7-4-14(5-8-19)18-21-10-11-22-18/h2-3,12,14,18H,1,4-11,13H2. The van der Waals surface area contributed by atoms with E-state index in [1.54, 1.807) is 0 Å². The van der Waals surface area contributed by atoms with Gasteiger partial charge < -0.3 is 28.6 Å². The minimum Gasteiger partial charge on any atom is -0.493 e. The molecule has 24 heavy (non-hydrogen) atoms. The average Bonchev–Trinajstić information content (AvgIpc) is 3.30. The Balaban J connectivity index is 1.13. The van der Waals surface area contributed by atoms with Gasteiger partial charge in [0.15, 0.2) is 17.8 Å². The van der Waals surface area contributed by atoms with Crippen LogP contribution in [0.5, 0.6) is 17.2 Å². The maximum atomic E-state index is 5.82. The molecule has 0 N–H and O–H groups in total. The second-order valence-corrected chi connectivity index (χ2v) is 6.51. The Morgan fingerprint density at radius 3 is 2.67 bits per heavy atom. The molecule has 0 unspecified atom stereocenters. The summed E-state index contributed by atoms with van der Waals surface area (Å²) in [6, 6.07) is 5.73. The molecule has 6 heteroatoms. The van der Waals surface area contributed by atoms with Gasteiger partial charge in [0.1, 0.15) is 5.75 Å². The molecule has 0 saturated carbocycles. The first-order chi connectivity index (χ1) is 11.9. The zero-order valence-corrected chi connectivity index (χ0v) is 13.9. The number of likely N-dealkylation sites (tertiary alicyclic amines) is 1. The molecule has 1 aromatic carbocycles. The van der Waals surface area contributed by atoms with Crippen LogP contribution in [0.4, 0.5) is 0 Å². The normalized spacial score (nSPS) is 22.2. The van der Waals surface area contributed by atoms with Crippen LogP contribution >= 0.6 is 0 Å². The van der Waals surface area contributed by atoms with Crippen LogP contribution < -0.4 is 14.2 Å². The molecule has 132 valence electrons. The molecule has 6 nitrogen and oxygen atoms in total. The lowest BCUT2D eigenvalue weighted by molar-refractivity contribution is -0.0974. The summed E-state index contributed by atoms with van der Waals surface area (Å²) < 4.78 is 27.7. The molecule has 0 atom stereocenters. The lowest BCUT2D eigenvalue weighted by Gasteiger charge is -2.33. The Labute approximate surface area is 142 Å². The lowest BCUT2D eigenvalue weighted by atomic mass is 9.96. The highest BCUT2D eigenvalue weighted by atomic mass is 16.7. The average molecular weight is 335 g/mol. The lowest BCUT2D eigenvalue weighted by Crippen LogP contribution is -2.38. The second-order valence-electron chi connectivity index (χ2n) is 6.51. The van der Waals surface area contributed by atoms with Gasteiger partial charge >= 0.3 is 0 Å². The minimum absolute atomic E-state index is 0.0430. The maximum Gasteiger partial charge on any atom is 0.231 e. The Hall–Kier alpha value is -1.50. The molecule has 0 amide bonds. The summed E-state index contributed by atoms with van der Waals surface area (Å²) in [5.41, 5.74) is 0. The van der Waals surface area contributed by atoms with Crippen LogP contribution in [-0.4, -0.2) is 57.4 Å². The molecule has 0 radical (unpaired) electrons. The van der Waals surface area contributed by atoms with Crippen molar-refractivity contribution in [2.75, 3.05) is 46.2 Å². The zero-order valence-electron chi connectivity index (χ0n) is 13.9. The van der Waals surface area contributed by atoms with Crippen LogP contribution in [0.3, 0.4) is 0 Å². The highest BCUT2D eigenvalue weighted by molar-refractivity contribution is 5.46. The van der Waals surface area contributed by atoms with Gasteiger partial charge in [-0.3, -0.25) is 0 Å². The number of rotatable bonds is 6. The summed E-state index contributed by atoms with van der Waals surface area (Å²) in [7, 11) is 0. The molecule has 3 aliphatic rings. The molecule has 0 spiro atoms. The van der Waals surface area contributed by atoms with E-state index in [0.29, 0.717) is 19.3 Å². The van der Waals surface area contributed by atoms with Crippen LogP contribution in [0, 0.1) is 5.92 Å². The first-order valence-corrected chi connectivity index (χ1v) is 8.86. The van der Waals surface area contributed by atoms with Gasteiger partial charge in [-0.15, -0.1) is 0 Å². The summed E-state index contributed by atoms with van der Waals surface area (Å²) in [4.78, 5) is 2.51. The molecule has 4 rings (SSSR count). The quantitative estimate of drug-likeness (QED) is 0.744. The summed E-state index contributed by atoms with van der Waals surface area (Å²) in [5.74, 6) is 2.97. The van der Waals surface area contributed by atoms with Crippen LogP contribution in [0.1, 0.15) is 19.3 Å². The Bertz CT molecular complexity index is 538. The molecule has 3 heterocycles. The second kappa shape index (κ2) is 7.59. The molecule has 3 aliphatic heterocycles. The fourth-order valence-corrected chi connectivity index (χ4v) is 3.54.